The van der Waals surface area contributed by atoms with Crippen LogP contribution in [0.5, 0.6) is 0 Å². The first-order valence-corrected chi connectivity index (χ1v) is 8.41. The van der Waals surface area contributed by atoms with Crippen LogP contribution in [0.1, 0.15) is 19.8 Å². The molecule has 0 bridgehead atoms. The highest BCUT2D eigenvalue weighted by Crippen LogP contribution is 2.27. The lowest BCUT2D eigenvalue weighted by atomic mass is 10.1. The van der Waals surface area contributed by atoms with Gasteiger partial charge in [0.05, 0.1) is 6.20 Å². The van der Waals surface area contributed by atoms with E-state index in [-0.39, 0.29) is 20.6 Å². The summed E-state index contributed by atoms with van der Waals surface area (Å²) in [6, 6.07) is 0.0500. The Balaban J connectivity index is 2.03. The first-order chi connectivity index (χ1) is 8.89. The Morgan fingerprint density at radius 3 is 2.63 bits per heavy atom. The number of aromatic nitrogens is 1. The third kappa shape index (κ3) is 3.44. The Morgan fingerprint density at radius 2 is 2.16 bits per heavy atom. The molecule has 0 saturated carbocycles. The van der Waals surface area contributed by atoms with Gasteiger partial charge in [-0.3, -0.25) is 4.79 Å². The zero-order valence-electron chi connectivity index (χ0n) is 10.3. The molecule has 0 radical (unpaired) electrons. The standard InChI is InChI=1S/C10H14ClN3O3S2/c1-7(15)13-8-2-4-14(5-3-8)19(16,17)9-6-12-10(11)18-9/h6,8H,2-5H2,1H3,(H,13,15). The van der Waals surface area contributed by atoms with Crippen LogP contribution in [0.2, 0.25) is 4.47 Å². The monoisotopic (exact) mass is 323 g/mol. The van der Waals surface area contributed by atoms with E-state index in [1.165, 1.54) is 17.4 Å². The van der Waals surface area contributed by atoms with Gasteiger partial charge in [0, 0.05) is 26.1 Å². The van der Waals surface area contributed by atoms with Gasteiger partial charge in [-0.1, -0.05) is 22.9 Å². The maximum Gasteiger partial charge on any atom is 0.254 e. The zero-order chi connectivity index (χ0) is 14.0. The molecule has 0 unspecified atom stereocenters. The first kappa shape index (κ1) is 14.7. The summed E-state index contributed by atoms with van der Waals surface area (Å²) in [6.07, 6.45) is 2.51. The molecule has 2 rings (SSSR count). The van der Waals surface area contributed by atoms with Gasteiger partial charge in [0.1, 0.15) is 0 Å². The lowest BCUT2D eigenvalue weighted by Gasteiger charge is -2.30. The van der Waals surface area contributed by atoms with Crippen molar-refractivity contribution < 1.29 is 13.2 Å². The zero-order valence-corrected chi connectivity index (χ0v) is 12.7. The van der Waals surface area contributed by atoms with Crippen molar-refractivity contribution in [1.82, 2.24) is 14.6 Å². The van der Waals surface area contributed by atoms with Crippen molar-refractivity contribution in [3.63, 3.8) is 0 Å². The maximum atomic E-state index is 12.3. The van der Waals surface area contributed by atoms with Gasteiger partial charge in [-0.25, -0.2) is 13.4 Å². The number of carbonyl (C=O) groups excluding carboxylic acids is 1. The number of hydrogen-bond acceptors (Lipinski definition) is 5. The van der Waals surface area contributed by atoms with Crippen LogP contribution in [-0.2, 0) is 14.8 Å². The van der Waals surface area contributed by atoms with Gasteiger partial charge in [-0.2, -0.15) is 4.31 Å². The average Bonchev–Trinajstić information content (AvgIpc) is 2.76. The van der Waals surface area contributed by atoms with Gasteiger partial charge in [0.2, 0.25) is 5.91 Å². The number of amides is 1. The van der Waals surface area contributed by atoms with E-state index in [4.69, 9.17) is 11.6 Å². The maximum absolute atomic E-state index is 12.3. The smallest absolute Gasteiger partial charge is 0.254 e. The summed E-state index contributed by atoms with van der Waals surface area (Å²) >= 11 is 6.62. The molecule has 0 aliphatic carbocycles. The fourth-order valence-corrected chi connectivity index (χ4v) is 4.93. The summed E-state index contributed by atoms with van der Waals surface area (Å²) < 4.78 is 26.3. The Kier molecular flexibility index (Phi) is 4.44. The number of piperidine rings is 1. The van der Waals surface area contributed by atoms with Crippen LogP contribution in [0, 0.1) is 0 Å². The van der Waals surface area contributed by atoms with Crippen LogP contribution in [-0.4, -0.2) is 42.7 Å². The first-order valence-electron chi connectivity index (χ1n) is 5.78. The minimum absolute atomic E-state index is 0.0500. The molecule has 1 N–H and O–H groups in total. The second-order valence-electron chi connectivity index (χ2n) is 4.31. The third-order valence-electron chi connectivity index (χ3n) is 2.91. The van der Waals surface area contributed by atoms with Crippen molar-refractivity contribution in [1.29, 1.82) is 0 Å². The molecule has 1 aromatic rings. The third-order valence-corrected chi connectivity index (χ3v) is 6.36. The molecule has 1 aliphatic rings. The Hall–Kier alpha value is -0.700. The molecule has 1 aromatic heterocycles. The number of halogens is 1. The lowest BCUT2D eigenvalue weighted by molar-refractivity contribution is -0.119. The molecule has 1 amide bonds. The molecule has 1 fully saturated rings. The van der Waals surface area contributed by atoms with Crippen LogP contribution in [0.25, 0.3) is 0 Å². The van der Waals surface area contributed by atoms with Crippen molar-refractivity contribution >= 4 is 38.9 Å². The van der Waals surface area contributed by atoms with Crippen LogP contribution in [0.15, 0.2) is 10.4 Å². The second kappa shape index (κ2) is 5.74. The average molecular weight is 324 g/mol. The van der Waals surface area contributed by atoms with Gasteiger partial charge in [0.25, 0.3) is 10.0 Å². The number of hydrogen-bond donors (Lipinski definition) is 1. The SMILES string of the molecule is CC(=O)NC1CCN(S(=O)(=O)c2cnc(Cl)s2)CC1. The van der Waals surface area contributed by atoms with E-state index in [9.17, 15) is 13.2 Å². The molecule has 0 atom stereocenters. The van der Waals surface area contributed by atoms with Crippen LogP contribution >= 0.6 is 22.9 Å². The number of nitrogens with one attached hydrogen (secondary N) is 1. The Morgan fingerprint density at radius 1 is 1.53 bits per heavy atom. The molecule has 1 aliphatic heterocycles. The number of sulfonamides is 1. The highest BCUT2D eigenvalue weighted by Gasteiger charge is 2.31. The highest BCUT2D eigenvalue weighted by atomic mass is 35.5. The minimum Gasteiger partial charge on any atom is -0.354 e. The van der Waals surface area contributed by atoms with E-state index in [1.807, 2.05) is 0 Å². The van der Waals surface area contributed by atoms with Gasteiger partial charge < -0.3 is 5.32 Å². The van der Waals surface area contributed by atoms with Gasteiger partial charge in [0.15, 0.2) is 8.68 Å². The number of nitrogens with zero attached hydrogens (tertiary/aromatic N) is 2. The van der Waals surface area contributed by atoms with E-state index in [0.29, 0.717) is 25.9 Å². The van der Waals surface area contributed by atoms with Crippen molar-refractivity contribution in [2.45, 2.75) is 30.0 Å². The van der Waals surface area contributed by atoms with Crippen molar-refractivity contribution in [3.8, 4) is 0 Å². The van der Waals surface area contributed by atoms with Gasteiger partial charge in [-0.15, -0.1) is 0 Å². The number of carbonyl (C=O) groups is 1. The number of thiazole rings is 1. The van der Waals surface area contributed by atoms with Crippen molar-refractivity contribution in [2.75, 3.05) is 13.1 Å². The molecular formula is C10H14ClN3O3S2. The second-order valence-corrected chi connectivity index (χ2v) is 8.09. The minimum atomic E-state index is -3.50. The molecule has 9 heteroatoms. The summed E-state index contributed by atoms with van der Waals surface area (Å²) in [5.41, 5.74) is 0. The predicted molar refractivity (Wildman–Crippen MR) is 72.7 cm³/mol. The molecule has 0 aromatic carbocycles. The Bertz CT molecular complexity index is 564. The fourth-order valence-electron chi connectivity index (χ4n) is 2.01. The predicted octanol–water partition coefficient (Wildman–Crippen LogP) is 1.09. The van der Waals surface area contributed by atoms with Crippen molar-refractivity contribution in [3.05, 3.63) is 10.7 Å². The molecule has 2 heterocycles. The summed E-state index contributed by atoms with van der Waals surface area (Å²) in [4.78, 5) is 14.7. The van der Waals surface area contributed by atoms with Gasteiger partial charge >= 0.3 is 0 Å². The largest absolute Gasteiger partial charge is 0.354 e. The quantitative estimate of drug-likeness (QED) is 0.903. The van der Waals surface area contributed by atoms with Crippen LogP contribution in [0.4, 0.5) is 0 Å². The van der Waals surface area contributed by atoms with Crippen LogP contribution in [0.3, 0.4) is 0 Å². The van der Waals surface area contributed by atoms with Crippen LogP contribution < -0.4 is 5.32 Å². The fraction of sp³-hybridized carbons (Fsp3) is 0.600. The summed E-state index contributed by atoms with van der Waals surface area (Å²) in [6.45, 7) is 2.24. The summed E-state index contributed by atoms with van der Waals surface area (Å²) in [7, 11) is -3.50. The summed E-state index contributed by atoms with van der Waals surface area (Å²) in [5.74, 6) is -0.0875. The molecule has 106 valence electrons. The highest BCUT2D eigenvalue weighted by molar-refractivity contribution is 7.91. The Labute approximate surface area is 120 Å². The van der Waals surface area contributed by atoms with E-state index in [1.54, 1.807) is 0 Å². The van der Waals surface area contributed by atoms with E-state index in [2.05, 4.69) is 10.3 Å². The molecule has 6 nitrogen and oxygen atoms in total. The summed E-state index contributed by atoms with van der Waals surface area (Å²) in [5, 5.41) is 2.81. The van der Waals surface area contributed by atoms with E-state index >= 15 is 0 Å². The normalized spacial score (nSPS) is 18.4. The lowest BCUT2D eigenvalue weighted by Crippen LogP contribution is -2.45. The molecule has 19 heavy (non-hydrogen) atoms. The molecule has 0 spiro atoms. The van der Waals surface area contributed by atoms with E-state index in [0.717, 1.165) is 11.3 Å². The number of rotatable bonds is 3. The topological polar surface area (TPSA) is 79.4 Å². The van der Waals surface area contributed by atoms with E-state index < -0.39 is 10.0 Å². The van der Waals surface area contributed by atoms with Gasteiger partial charge in [-0.05, 0) is 12.8 Å². The van der Waals surface area contributed by atoms with Crippen molar-refractivity contribution in [2.24, 2.45) is 0 Å². The molecule has 1 saturated heterocycles. The molecular weight excluding hydrogens is 310 g/mol.